The molecule has 24 heavy (non-hydrogen) atoms. The Morgan fingerprint density at radius 2 is 2.12 bits per heavy atom. The van der Waals surface area contributed by atoms with Crippen molar-refractivity contribution in [1.82, 2.24) is 10.1 Å². The highest BCUT2D eigenvalue weighted by Gasteiger charge is 2.34. The van der Waals surface area contributed by atoms with Crippen molar-refractivity contribution in [1.29, 1.82) is 0 Å². The molecule has 0 bridgehead atoms. The van der Waals surface area contributed by atoms with E-state index in [9.17, 15) is 4.79 Å². The highest BCUT2D eigenvalue weighted by atomic mass is 32.1. The lowest BCUT2D eigenvalue weighted by molar-refractivity contribution is -0.117. The second-order valence-electron chi connectivity index (χ2n) is 5.86. The molecular weight excluding hydrogens is 322 g/mol. The molecule has 1 atom stereocenters. The summed E-state index contributed by atoms with van der Waals surface area (Å²) in [5.41, 5.74) is 2.20. The van der Waals surface area contributed by atoms with Crippen LogP contribution in [0.1, 0.15) is 30.7 Å². The van der Waals surface area contributed by atoms with Crippen LogP contribution in [0.4, 0.5) is 5.69 Å². The Kier molecular flexibility index (Phi) is 3.90. The van der Waals surface area contributed by atoms with Crippen LogP contribution in [0.2, 0.25) is 0 Å². The number of aryl methyl sites for hydroxylation is 1. The Balaban J connectivity index is 1.53. The first-order chi connectivity index (χ1) is 11.7. The molecule has 2 aromatic heterocycles. The molecule has 0 unspecified atom stereocenters. The second kappa shape index (κ2) is 6.20. The van der Waals surface area contributed by atoms with E-state index >= 15 is 0 Å². The van der Waals surface area contributed by atoms with Gasteiger partial charge in [0.05, 0.1) is 4.88 Å². The van der Waals surface area contributed by atoms with E-state index in [-0.39, 0.29) is 11.8 Å². The van der Waals surface area contributed by atoms with Gasteiger partial charge < -0.3 is 9.42 Å². The van der Waals surface area contributed by atoms with Crippen molar-refractivity contribution in [2.45, 2.75) is 25.7 Å². The van der Waals surface area contributed by atoms with Crippen molar-refractivity contribution in [3.05, 3.63) is 53.2 Å². The fourth-order valence-corrected chi connectivity index (χ4v) is 3.59. The third-order valence-electron chi connectivity index (χ3n) is 4.32. The zero-order valence-electron chi connectivity index (χ0n) is 13.3. The molecular formula is C18H17N3O2S. The lowest BCUT2D eigenvalue weighted by Crippen LogP contribution is -2.24. The van der Waals surface area contributed by atoms with E-state index in [0.717, 1.165) is 17.0 Å². The number of benzene rings is 1. The summed E-state index contributed by atoms with van der Waals surface area (Å²) < 4.78 is 5.35. The SMILES string of the molecule is CCc1ccc(N2C[C@H](c3noc(-c4cccs4)n3)CC2=O)cc1. The van der Waals surface area contributed by atoms with Crippen LogP contribution in [0.15, 0.2) is 46.3 Å². The molecule has 0 N–H and O–H groups in total. The van der Waals surface area contributed by atoms with Gasteiger partial charge in [0.15, 0.2) is 5.82 Å². The van der Waals surface area contributed by atoms with Crippen LogP contribution >= 0.6 is 11.3 Å². The van der Waals surface area contributed by atoms with Crippen molar-refractivity contribution < 1.29 is 9.32 Å². The molecule has 1 aliphatic heterocycles. The van der Waals surface area contributed by atoms with E-state index in [1.165, 1.54) is 5.56 Å². The predicted molar refractivity (Wildman–Crippen MR) is 93.1 cm³/mol. The van der Waals surface area contributed by atoms with Crippen molar-refractivity contribution in [3.8, 4) is 10.8 Å². The van der Waals surface area contributed by atoms with Gasteiger partial charge in [-0.15, -0.1) is 11.3 Å². The van der Waals surface area contributed by atoms with Crippen molar-refractivity contribution in [3.63, 3.8) is 0 Å². The summed E-state index contributed by atoms with van der Waals surface area (Å²) in [4.78, 5) is 19.6. The van der Waals surface area contributed by atoms with Crippen molar-refractivity contribution in [2.24, 2.45) is 0 Å². The number of aromatic nitrogens is 2. The molecule has 1 aromatic carbocycles. The minimum atomic E-state index is -0.0270. The van der Waals surface area contributed by atoms with E-state index in [0.29, 0.717) is 24.7 Å². The lowest BCUT2D eigenvalue weighted by atomic mass is 10.1. The summed E-state index contributed by atoms with van der Waals surface area (Å²) in [5.74, 6) is 1.21. The topological polar surface area (TPSA) is 59.2 Å². The van der Waals surface area contributed by atoms with Gasteiger partial charge in [0.25, 0.3) is 5.89 Å². The standard InChI is InChI=1S/C18H17N3O2S/c1-2-12-5-7-14(8-6-12)21-11-13(10-16(21)22)17-19-18(23-20-17)15-4-3-9-24-15/h3-9,13H,2,10-11H2,1H3/t13-/m1/s1. The maximum absolute atomic E-state index is 12.4. The van der Waals surface area contributed by atoms with Crippen LogP contribution in [0.5, 0.6) is 0 Å². The first-order valence-corrected chi connectivity index (χ1v) is 8.89. The molecule has 1 amide bonds. The molecule has 1 aliphatic rings. The zero-order valence-corrected chi connectivity index (χ0v) is 14.1. The monoisotopic (exact) mass is 339 g/mol. The summed E-state index contributed by atoms with van der Waals surface area (Å²) >= 11 is 1.56. The van der Waals surface area contributed by atoms with Gasteiger partial charge >= 0.3 is 0 Å². The lowest BCUT2D eigenvalue weighted by Gasteiger charge is -2.16. The van der Waals surface area contributed by atoms with E-state index in [1.807, 2.05) is 34.5 Å². The van der Waals surface area contributed by atoms with E-state index in [1.54, 1.807) is 11.3 Å². The smallest absolute Gasteiger partial charge is 0.267 e. The van der Waals surface area contributed by atoms with Crippen LogP contribution in [-0.2, 0) is 11.2 Å². The predicted octanol–water partition coefficient (Wildman–Crippen LogP) is 3.88. The molecule has 6 heteroatoms. The molecule has 0 aliphatic carbocycles. The number of thiophene rings is 1. The fraction of sp³-hybridized carbons (Fsp3) is 0.278. The van der Waals surface area contributed by atoms with Gasteiger partial charge in [0, 0.05) is 24.6 Å². The molecule has 122 valence electrons. The molecule has 1 fully saturated rings. The van der Waals surface area contributed by atoms with Gasteiger partial charge in [0.1, 0.15) is 0 Å². The number of hydrogen-bond acceptors (Lipinski definition) is 5. The first-order valence-electron chi connectivity index (χ1n) is 8.01. The minimum absolute atomic E-state index is 0.0270. The number of nitrogens with zero attached hydrogens (tertiary/aromatic N) is 3. The molecule has 1 saturated heterocycles. The molecule has 0 radical (unpaired) electrons. The number of carbonyl (C=O) groups excluding carboxylic acids is 1. The first kappa shape index (κ1) is 15.1. The zero-order chi connectivity index (χ0) is 16.5. The number of anilines is 1. The second-order valence-corrected chi connectivity index (χ2v) is 6.81. The molecule has 0 saturated carbocycles. The minimum Gasteiger partial charge on any atom is -0.333 e. The van der Waals surface area contributed by atoms with Crippen LogP contribution < -0.4 is 4.90 Å². The maximum Gasteiger partial charge on any atom is 0.267 e. The van der Waals surface area contributed by atoms with Gasteiger partial charge in [-0.3, -0.25) is 4.79 Å². The Hall–Kier alpha value is -2.47. The van der Waals surface area contributed by atoms with Crippen molar-refractivity contribution in [2.75, 3.05) is 11.4 Å². The molecule has 4 rings (SSSR count). The normalized spacial score (nSPS) is 17.6. The average molecular weight is 339 g/mol. The summed E-state index contributed by atoms with van der Waals surface area (Å²) in [6, 6.07) is 12.0. The van der Waals surface area contributed by atoms with Crippen molar-refractivity contribution >= 4 is 22.9 Å². The number of carbonyl (C=O) groups is 1. The van der Waals surface area contributed by atoms with Crippen LogP contribution in [0.3, 0.4) is 0 Å². The summed E-state index contributed by atoms with van der Waals surface area (Å²) in [7, 11) is 0. The number of amides is 1. The van der Waals surface area contributed by atoms with Crippen LogP contribution in [0.25, 0.3) is 10.8 Å². The molecule has 3 heterocycles. The fourth-order valence-electron chi connectivity index (χ4n) is 2.94. The maximum atomic E-state index is 12.4. The highest BCUT2D eigenvalue weighted by Crippen LogP contribution is 2.32. The quantitative estimate of drug-likeness (QED) is 0.724. The average Bonchev–Trinajstić information content (AvgIpc) is 3.34. The Morgan fingerprint density at radius 3 is 2.83 bits per heavy atom. The van der Waals surface area contributed by atoms with Gasteiger partial charge in [-0.25, -0.2) is 0 Å². The Morgan fingerprint density at radius 1 is 1.29 bits per heavy atom. The largest absolute Gasteiger partial charge is 0.333 e. The van der Waals surface area contributed by atoms with Gasteiger partial charge in [-0.2, -0.15) is 4.98 Å². The van der Waals surface area contributed by atoms with E-state index < -0.39 is 0 Å². The number of hydrogen-bond donors (Lipinski definition) is 0. The molecule has 5 nitrogen and oxygen atoms in total. The Labute approximate surface area is 143 Å². The van der Waals surface area contributed by atoms with E-state index in [4.69, 9.17) is 4.52 Å². The van der Waals surface area contributed by atoms with Gasteiger partial charge in [-0.1, -0.05) is 30.3 Å². The van der Waals surface area contributed by atoms with Crippen LogP contribution in [0, 0.1) is 0 Å². The van der Waals surface area contributed by atoms with E-state index in [2.05, 4.69) is 29.2 Å². The summed E-state index contributed by atoms with van der Waals surface area (Å²) in [5, 5.41) is 6.06. The van der Waals surface area contributed by atoms with Gasteiger partial charge in [-0.05, 0) is 35.6 Å². The molecule has 0 spiro atoms. The van der Waals surface area contributed by atoms with Gasteiger partial charge in [0.2, 0.25) is 5.91 Å². The highest BCUT2D eigenvalue weighted by molar-refractivity contribution is 7.13. The third-order valence-corrected chi connectivity index (χ3v) is 5.18. The summed E-state index contributed by atoms with van der Waals surface area (Å²) in [6.45, 7) is 2.71. The summed E-state index contributed by atoms with van der Waals surface area (Å²) in [6.07, 6.45) is 1.41. The van der Waals surface area contributed by atoms with Crippen LogP contribution in [-0.4, -0.2) is 22.6 Å². The number of rotatable bonds is 4. The third kappa shape index (κ3) is 2.73. The Bertz CT molecular complexity index is 840. The molecule has 3 aromatic rings.